The molecule has 1 amide bonds. The van der Waals surface area contributed by atoms with E-state index in [4.69, 9.17) is 0 Å². The number of hydrogen-bond donors (Lipinski definition) is 1. The van der Waals surface area contributed by atoms with Crippen molar-refractivity contribution in [1.82, 2.24) is 25.5 Å². The molecule has 1 aliphatic rings. The van der Waals surface area contributed by atoms with Crippen LogP contribution >= 0.6 is 27.7 Å². The van der Waals surface area contributed by atoms with Gasteiger partial charge in [-0.25, -0.2) is 0 Å². The number of tetrazole rings is 1. The van der Waals surface area contributed by atoms with E-state index in [2.05, 4.69) is 36.6 Å². The Labute approximate surface area is 122 Å². The summed E-state index contributed by atoms with van der Waals surface area (Å²) in [6, 6.07) is 7.28. The number of carbonyl (C=O) groups is 1. The van der Waals surface area contributed by atoms with E-state index in [0.29, 0.717) is 17.3 Å². The highest BCUT2D eigenvalue weighted by Gasteiger charge is 2.34. The molecule has 98 valence electrons. The van der Waals surface area contributed by atoms with Crippen LogP contribution in [0.1, 0.15) is 22.2 Å². The van der Waals surface area contributed by atoms with Gasteiger partial charge in [0.25, 0.3) is 5.91 Å². The zero-order chi connectivity index (χ0) is 13.2. The molecule has 0 radical (unpaired) electrons. The van der Waals surface area contributed by atoms with E-state index < -0.39 is 0 Å². The first-order chi connectivity index (χ1) is 9.27. The molecule has 2 aromatic rings. The van der Waals surface area contributed by atoms with Crippen molar-refractivity contribution < 1.29 is 4.79 Å². The summed E-state index contributed by atoms with van der Waals surface area (Å²) >= 11 is 5.09. The lowest BCUT2D eigenvalue weighted by atomic mass is 10.1. The monoisotopic (exact) mass is 339 g/mol. The van der Waals surface area contributed by atoms with Crippen molar-refractivity contribution in [3.8, 4) is 0 Å². The van der Waals surface area contributed by atoms with Gasteiger partial charge < -0.3 is 4.90 Å². The summed E-state index contributed by atoms with van der Waals surface area (Å²) in [6.45, 7) is 0. The van der Waals surface area contributed by atoms with Crippen LogP contribution in [0.4, 0.5) is 0 Å². The summed E-state index contributed by atoms with van der Waals surface area (Å²) in [7, 11) is 0. The summed E-state index contributed by atoms with van der Waals surface area (Å²) in [5, 5.41) is 14.0. The minimum absolute atomic E-state index is 0.0210. The predicted octanol–water partition coefficient (Wildman–Crippen LogP) is 1.85. The molecule has 1 aromatic carbocycles. The number of aromatic nitrogens is 4. The van der Waals surface area contributed by atoms with Gasteiger partial charge in [-0.15, -0.1) is 22.0 Å². The maximum Gasteiger partial charge on any atom is 0.256 e. The first-order valence-corrected chi connectivity index (χ1v) is 7.58. The number of carbonyl (C=O) groups excluding carboxylic acids is 1. The molecule has 0 bridgehead atoms. The predicted molar refractivity (Wildman–Crippen MR) is 74.6 cm³/mol. The van der Waals surface area contributed by atoms with Gasteiger partial charge in [0.05, 0.1) is 11.4 Å². The minimum Gasteiger partial charge on any atom is -0.318 e. The van der Waals surface area contributed by atoms with Crippen LogP contribution in [0.15, 0.2) is 28.7 Å². The van der Waals surface area contributed by atoms with Gasteiger partial charge in [0.2, 0.25) is 0 Å². The van der Waals surface area contributed by atoms with Crippen molar-refractivity contribution in [2.45, 2.75) is 6.04 Å². The van der Waals surface area contributed by atoms with Crippen LogP contribution in [0.3, 0.4) is 0 Å². The Balaban J connectivity index is 1.89. The van der Waals surface area contributed by atoms with Crippen LogP contribution in [0.25, 0.3) is 0 Å². The van der Waals surface area contributed by atoms with E-state index in [-0.39, 0.29) is 11.9 Å². The molecule has 3 rings (SSSR count). The van der Waals surface area contributed by atoms with Crippen molar-refractivity contribution in [1.29, 1.82) is 0 Å². The van der Waals surface area contributed by atoms with Gasteiger partial charge in [0.1, 0.15) is 6.04 Å². The maximum atomic E-state index is 12.6. The Morgan fingerprint density at radius 1 is 1.47 bits per heavy atom. The Kier molecular flexibility index (Phi) is 3.52. The van der Waals surface area contributed by atoms with Gasteiger partial charge in [0.15, 0.2) is 5.82 Å². The molecule has 1 aromatic heterocycles. The Morgan fingerprint density at radius 2 is 2.32 bits per heavy atom. The third kappa shape index (κ3) is 2.37. The van der Waals surface area contributed by atoms with Crippen molar-refractivity contribution >= 4 is 33.6 Å². The van der Waals surface area contributed by atoms with Gasteiger partial charge in [-0.2, -0.15) is 5.21 Å². The van der Waals surface area contributed by atoms with E-state index in [1.807, 2.05) is 24.3 Å². The van der Waals surface area contributed by atoms with Crippen molar-refractivity contribution in [2.24, 2.45) is 0 Å². The lowest BCUT2D eigenvalue weighted by Crippen LogP contribution is -2.32. The molecule has 1 unspecified atom stereocenters. The smallest absolute Gasteiger partial charge is 0.256 e. The van der Waals surface area contributed by atoms with Crippen molar-refractivity contribution in [3.05, 3.63) is 40.1 Å². The normalized spacial score (nSPS) is 18.8. The van der Waals surface area contributed by atoms with Crippen molar-refractivity contribution in [2.75, 3.05) is 11.6 Å². The van der Waals surface area contributed by atoms with E-state index in [9.17, 15) is 4.79 Å². The first kappa shape index (κ1) is 12.6. The van der Waals surface area contributed by atoms with Gasteiger partial charge >= 0.3 is 0 Å². The molecule has 0 saturated carbocycles. The molecule has 2 heterocycles. The third-order valence-electron chi connectivity index (χ3n) is 2.91. The number of halogens is 1. The van der Waals surface area contributed by atoms with Gasteiger partial charge in [-0.1, -0.05) is 17.3 Å². The fourth-order valence-corrected chi connectivity index (χ4v) is 3.56. The fourth-order valence-electron chi connectivity index (χ4n) is 1.96. The summed E-state index contributed by atoms with van der Waals surface area (Å²) in [6.07, 6.45) is 0. The summed E-state index contributed by atoms with van der Waals surface area (Å²) in [5.74, 6) is 1.97. The van der Waals surface area contributed by atoms with Gasteiger partial charge in [0, 0.05) is 10.2 Å². The number of H-pyrrole nitrogens is 1. The summed E-state index contributed by atoms with van der Waals surface area (Å²) in [4.78, 5) is 14.3. The number of aromatic amines is 1. The highest BCUT2D eigenvalue weighted by molar-refractivity contribution is 9.10. The van der Waals surface area contributed by atoms with Crippen LogP contribution in [0.5, 0.6) is 0 Å². The van der Waals surface area contributed by atoms with Crippen LogP contribution in [0, 0.1) is 0 Å². The first-order valence-electron chi connectivity index (χ1n) is 5.64. The Bertz CT molecular complexity index is 591. The second kappa shape index (κ2) is 5.30. The Morgan fingerprint density at radius 3 is 3.05 bits per heavy atom. The quantitative estimate of drug-likeness (QED) is 0.903. The fraction of sp³-hybridized carbons (Fsp3) is 0.273. The Hall–Kier alpha value is -1.41. The van der Waals surface area contributed by atoms with Crippen LogP contribution in [-0.2, 0) is 0 Å². The van der Waals surface area contributed by atoms with Crippen LogP contribution in [0.2, 0.25) is 0 Å². The average Bonchev–Trinajstić information content (AvgIpc) is 3.09. The molecular weight excluding hydrogens is 330 g/mol. The average molecular weight is 340 g/mol. The summed E-state index contributed by atoms with van der Waals surface area (Å²) < 4.78 is 0.795. The molecule has 0 aliphatic carbocycles. The topological polar surface area (TPSA) is 74.8 Å². The molecule has 8 heteroatoms. The lowest BCUT2D eigenvalue weighted by molar-refractivity contribution is 0.0740. The molecule has 0 spiro atoms. The zero-order valence-electron chi connectivity index (χ0n) is 9.78. The number of hydrogen-bond acceptors (Lipinski definition) is 5. The second-order valence-corrected chi connectivity index (χ2v) is 5.89. The molecule has 1 aliphatic heterocycles. The molecule has 1 atom stereocenters. The van der Waals surface area contributed by atoms with Crippen molar-refractivity contribution in [3.63, 3.8) is 0 Å². The largest absolute Gasteiger partial charge is 0.318 e. The third-order valence-corrected chi connectivity index (χ3v) is 4.61. The number of nitrogens with zero attached hydrogens (tertiary/aromatic N) is 4. The number of nitrogens with one attached hydrogen (secondary N) is 1. The van der Waals surface area contributed by atoms with Gasteiger partial charge in [-0.05, 0) is 28.1 Å². The molecular formula is C11H10BrN5OS. The van der Waals surface area contributed by atoms with E-state index in [0.717, 1.165) is 10.2 Å². The second-order valence-electron chi connectivity index (χ2n) is 4.04. The number of thioether (sulfide) groups is 1. The minimum atomic E-state index is -0.122. The van der Waals surface area contributed by atoms with E-state index >= 15 is 0 Å². The molecule has 1 N–H and O–H groups in total. The SMILES string of the molecule is O=C(c1ccccc1Br)N1CSCC1c1nn[nH]n1. The lowest BCUT2D eigenvalue weighted by Gasteiger charge is -2.21. The van der Waals surface area contributed by atoms with E-state index in [1.54, 1.807) is 16.7 Å². The highest BCUT2D eigenvalue weighted by Crippen LogP contribution is 2.33. The standard InChI is InChI=1S/C11H10BrN5OS/c12-8-4-2-1-3-7(8)11(18)17-6-19-5-9(17)10-13-15-16-14-10/h1-4,9H,5-6H2,(H,13,14,15,16). The zero-order valence-corrected chi connectivity index (χ0v) is 12.2. The molecule has 1 fully saturated rings. The maximum absolute atomic E-state index is 12.6. The molecule has 1 saturated heterocycles. The molecule has 19 heavy (non-hydrogen) atoms. The highest BCUT2D eigenvalue weighted by atomic mass is 79.9. The van der Waals surface area contributed by atoms with Gasteiger partial charge in [-0.3, -0.25) is 4.79 Å². The molecule has 6 nitrogen and oxygen atoms in total. The number of amides is 1. The number of rotatable bonds is 2. The van der Waals surface area contributed by atoms with Crippen LogP contribution in [-0.4, -0.2) is 43.1 Å². The summed E-state index contributed by atoms with van der Waals surface area (Å²) in [5.41, 5.74) is 0.651. The van der Waals surface area contributed by atoms with E-state index in [1.165, 1.54) is 0 Å². The van der Waals surface area contributed by atoms with Crippen LogP contribution < -0.4 is 0 Å². The number of benzene rings is 1.